The first kappa shape index (κ1) is 14.9. The summed E-state index contributed by atoms with van der Waals surface area (Å²) in [5.74, 6) is 0.599. The summed E-state index contributed by atoms with van der Waals surface area (Å²) in [6, 6.07) is 2.77. The number of nitrogens with two attached hydrogens (primary N) is 1. The first-order valence-corrected chi connectivity index (χ1v) is 8.28. The van der Waals surface area contributed by atoms with Crippen LogP contribution in [-0.4, -0.2) is 38.1 Å². The Labute approximate surface area is 119 Å². The summed E-state index contributed by atoms with van der Waals surface area (Å²) in [5.41, 5.74) is -0.145. The predicted octanol–water partition coefficient (Wildman–Crippen LogP) is 0.747. The summed E-state index contributed by atoms with van der Waals surface area (Å²) in [6.07, 6.45) is 0. The van der Waals surface area contributed by atoms with Gasteiger partial charge in [-0.2, -0.15) is 0 Å². The van der Waals surface area contributed by atoms with Gasteiger partial charge in [0.1, 0.15) is 13.2 Å². The summed E-state index contributed by atoms with van der Waals surface area (Å²) in [7, 11) is -3.59. The minimum Gasteiger partial charge on any atom is -0.486 e. The molecule has 1 aliphatic heterocycles. The van der Waals surface area contributed by atoms with E-state index in [1.54, 1.807) is 0 Å². The van der Waals surface area contributed by atoms with E-state index in [1.165, 1.54) is 12.1 Å². The maximum Gasteiger partial charge on any atom is 0.286 e. The van der Waals surface area contributed by atoms with Gasteiger partial charge in [0, 0.05) is 11.8 Å². The minimum absolute atomic E-state index is 0.124. The van der Waals surface area contributed by atoms with E-state index >= 15 is 0 Å². The van der Waals surface area contributed by atoms with Crippen molar-refractivity contribution < 1.29 is 22.8 Å². The Morgan fingerprint density at radius 3 is 2.45 bits per heavy atom. The largest absolute Gasteiger partial charge is 0.486 e. The van der Waals surface area contributed by atoms with Crippen LogP contribution in [0.25, 0.3) is 0 Å². The van der Waals surface area contributed by atoms with E-state index in [0.29, 0.717) is 29.6 Å². The normalized spacial score (nSPS) is 14.1. The van der Waals surface area contributed by atoms with Crippen molar-refractivity contribution in [3.63, 3.8) is 0 Å². The smallest absolute Gasteiger partial charge is 0.286 e. The highest BCUT2D eigenvalue weighted by Crippen LogP contribution is 2.40. The van der Waals surface area contributed by atoms with Crippen molar-refractivity contribution in [2.45, 2.75) is 4.90 Å². The molecule has 1 aliphatic rings. The summed E-state index contributed by atoms with van der Waals surface area (Å²) < 4.78 is 32.3. The molecule has 0 amide bonds. The number of benzene rings is 1. The van der Waals surface area contributed by atoms with E-state index in [0.717, 1.165) is 11.8 Å². The molecule has 10 heteroatoms. The van der Waals surface area contributed by atoms with Crippen LogP contribution in [0.1, 0.15) is 0 Å². The lowest BCUT2D eigenvalue weighted by molar-refractivity contribution is -0.387. The first-order chi connectivity index (χ1) is 9.37. The van der Waals surface area contributed by atoms with E-state index in [4.69, 9.17) is 14.6 Å². The average Bonchev–Trinajstić information content (AvgIpc) is 2.36. The number of sulfonamides is 1. The lowest BCUT2D eigenvalue weighted by Gasteiger charge is -2.18. The molecule has 2 N–H and O–H groups in total. The number of hydrogen-bond donors (Lipinski definition) is 1. The molecule has 0 spiro atoms. The number of nitrogens with zero attached hydrogens (tertiary/aromatic N) is 1. The molecule has 0 bridgehead atoms. The van der Waals surface area contributed by atoms with Gasteiger partial charge in [0.25, 0.3) is 5.69 Å². The van der Waals surface area contributed by atoms with Gasteiger partial charge >= 0.3 is 0 Å². The molecule has 1 aromatic carbocycles. The van der Waals surface area contributed by atoms with E-state index in [2.05, 4.69) is 0 Å². The van der Waals surface area contributed by atoms with Crippen LogP contribution < -0.4 is 14.6 Å². The molecule has 1 aromatic rings. The van der Waals surface area contributed by atoms with E-state index in [1.807, 2.05) is 0 Å². The molecule has 0 saturated heterocycles. The molecule has 0 radical (unpaired) electrons. The zero-order valence-electron chi connectivity index (χ0n) is 10.3. The third-order valence-electron chi connectivity index (χ3n) is 2.45. The number of rotatable bonds is 5. The maximum atomic E-state index is 11.0. The van der Waals surface area contributed by atoms with Crippen LogP contribution in [-0.2, 0) is 10.0 Å². The van der Waals surface area contributed by atoms with Gasteiger partial charge in [0.05, 0.1) is 21.6 Å². The van der Waals surface area contributed by atoms with E-state index in [-0.39, 0.29) is 17.2 Å². The van der Waals surface area contributed by atoms with Crippen LogP contribution in [0.15, 0.2) is 17.0 Å². The van der Waals surface area contributed by atoms with Gasteiger partial charge in [-0.15, -0.1) is 11.8 Å². The first-order valence-electron chi connectivity index (χ1n) is 5.58. The molecule has 20 heavy (non-hydrogen) atoms. The molecule has 0 aliphatic carbocycles. The molecule has 2 rings (SSSR count). The van der Waals surface area contributed by atoms with Gasteiger partial charge in [-0.05, 0) is 0 Å². The van der Waals surface area contributed by atoms with Crippen molar-refractivity contribution in [1.29, 1.82) is 0 Å². The molecule has 0 saturated carbocycles. The Balaban J connectivity index is 2.23. The lowest BCUT2D eigenvalue weighted by atomic mass is 10.2. The van der Waals surface area contributed by atoms with E-state index in [9.17, 15) is 18.5 Å². The summed E-state index contributed by atoms with van der Waals surface area (Å²) in [6.45, 7) is 0.703. The Hall–Kier alpha value is -1.52. The maximum absolute atomic E-state index is 11.0. The predicted molar refractivity (Wildman–Crippen MR) is 72.8 cm³/mol. The highest BCUT2D eigenvalue weighted by Gasteiger charge is 2.22. The summed E-state index contributed by atoms with van der Waals surface area (Å²) >= 11 is 1.04. The summed E-state index contributed by atoms with van der Waals surface area (Å²) in [4.78, 5) is 10.8. The Bertz CT molecular complexity index is 631. The fourth-order valence-electron chi connectivity index (χ4n) is 1.59. The van der Waals surface area contributed by atoms with Gasteiger partial charge in [-0.1, -0.05) is 0 Å². The third kappa shape index (κ3) is 3.74. The lowest BCUT2D eigenvalue weighted by Crippen LogP contribution is -2.18. The quantitative estimate of drug-likeness (QED) is 0.482. The molecule has 8 nitrogen and oxygen atoms in total. The van der Waals surface area contributed by atoms with Crippen LogP contribution in [0.5, 0.6) is 11.5 Å². The fourth-order valence-corrected chi connectivity index (χ4v) is 3.54. The monoisotopic (exact) mass is 320 g/mol. The number of nitro benzene ring substituents is 1. The Kier molecular flexibility index (Phi) is 4.35. The van der Waals surface area contributed by atoms with E-state index < -0.39 is 14.9 Å². The Morgan fingerprint density at radius 2 is 1.90 bits per heavy atom. The number of fused-ring (bicyclic) bond motifs is 1. The molecule has 0 unspecified atom stereocenters. The second-order valence-electron chi connectivity index (χ2n) is 3.94. The molecule has 1 heterocycles. The molecule has 0 atom stereocenters. The highest BCUT2D eigenvalue weighted by atomic mass is 32.2. The Morgan fingerprint density at radius 1 is 1.30 bits per heavy atom. The van der Waals surface area contributed by atoms with Crippen molar-refractivity contribution >= 4 is 27.5 Å². The van der Waals surface area contributed by atoms with Crippen molar-refractivity contribution in [3.8, 4) is 11.5 Å². The third-order valence-corrected chi connectivity index (χ3v) is 4.52. The van der Waals surface area contributed by atoms with Crippen LogP contribution in [0.3, 0.4) is 0 Å². The van der Waals surface area contributed by atoms with Crippen LogP contribution in [0, 0.1) is 10.1 Å². The van der Waals surface area contributed by atoms with Crippen LogP contribution in [0.4, 0.5) is 5.69 Å². The van der Waals surface area contributed by atoms with Gasteiger partial charge < -0.3 is 9.47 Å². The molecule has 110 valence electrons. The second kappa shape index (κ2) is 5.85. The molecular weight excluding hydrogens is 308 g/mol. The molecular formula is C10H12N2O6S2. The van der Waals surface area contributed by atoms with Crippen molar-refractivity contribution in [1.82, 2.24) is 0 Å². The van der Waals surface area contributed by atoms with Crippen molar-refractivity contribution in [2.24, 2.45) is 5.14 Å². The zero-order chi connectivity index (χ0) is 14.8. The zero-order valence-corrected chi connectivity index (χ0v) is 11.9. The van der Waals surface area contributed by atoms with Gasteiger partial charge in [-0.3, -0.25) is 10.1 Å². The number of nitro groups is 1. The summed E-state index contributed by atoms with van der Waals surface area (Å²) in [5, 5.41) is 15.9. The molecule has 0 aromatic heterocycles. The van der Waals surface area contributed by atoms with Crippen molar-refractivity contribution in [2.75, 3.05) is 24.7 Å². The highest BCUT2D eigenvalue weighted by molar-refractivity contribution is 8.00. The fraction of sp³-hybridized carbons (Fsp3) is 0.400. The minimum atomic E-state index is -3.59. The number of primary sulfonamides is 1. The second-order valence-corrected chi connectivity index (χ2v) is 6.81. The van der Waals surface area contributed by atoms with Gasteiger partial charge in [-0.25, -0.2) is 13.6 Å². The van der Waals surface area contributed by atoms with Gasteiger partial charge in [0.2, 0.25) is 10.0 Å². The number of hydrogen-bond acceptors (Lipinski definition) is 7. The number of ether oxygens (including phenoxy) is 2. The van der Waals surface area contributed by atoms with Gasteiger partial charge in [0.15, 0.2) is 11.5 Å². The number of thioether (sulfide) groups is 1. The topological polar surface area (TPSA) is 122 Å². The van der Waals surface area contributed by atoms with Crippen molar-refractivity contribution in [3.05, 3.63) is 22.2 Å². The average molecular weight is 320 g/mol. The molecule has 0 fully saturated rings. The SMILES string of the molecule is NS(=O)(=O)CCSc1cc2c(cc1[N+](=O)[O-])OCCO2. The standard InChI is InChI=1S/C10H12N2O6S2/c11-20(15,16)4-3-19-10-6-9-8(17-1-2-18-9)5-7(10)12(13)14/h5-6H,1-4H2,(H2,11,15,16). The van der Waals surface area contributed by atoms with Crippen LogP contribution >= 0.6 is 11.8 Å². The van der Waals surface area contributed by atoms with Crippen LogP contribution in [0.2, 0.25) is 0 Å².